The van der Waals surface area contributed by atoms with E-state index in [0.29, 0.717) is 23.9 Å². The second kappa shape index (κ2) is 10.8. The fourth-order valence-corrected chi connectivity index (χ4v) is 2.29. The molecule has 0 aromatic carbocycles. The third kappa shape index (κ3) is 8.10. The average Bonchev–Trinajstić information content (AvgIpc) is 2.39. The Hall–Kier alpha value is -0.0800. The van der Waals surface area contributed by atoms with Crippen LogP contribution in [0.15, 0.2) is 0 Å². The molecule has 18 heavy (non-hydrogen) atoms. The van der Waals surface area contributed by atoms with E-state index < -0.39 is 0 Å². The first-order chi connectivity index (χ1) is 8.52. The van der Waals surface area contributed by atoms with E-state index >= 15 is 0 Å². The molecule has 0 saturated carbocycles. The molecule has 0 radical (unpaired) electrons. The first kappa shape index (κ1) is 17.9. The van der Waals surface area contributed by atoms with E-state index in [9.17, 15) is 0 Å². The normalized spacial score (nSPS) is 18.3. The fraction of sp³-hybridized carbons (Fsp3) is 1.00. The molecule has 0 amide bonds. The number of hydrogen-bond acceptors (Lipinski definition) is 2. The first-order valence-electron chi connectivity index (χ1n) is 8.04. The minimum Gasteiger partial charge on any atom is -0.327 e. The quantitative estimate of drug-likeness (QED) is 0.547. The Bertz CT molecular complexity index is 162. The highest BCUT2D eigenvalue weighted by Gasteiger charge is 2.11. The highest BCUT2D eigenvalue weighted by atomic mass is 14.6. The largest absolute Gasteiger partial charge is 0.327 e. The summed E-state index contributed by atoms with van der Waals surface area (Å²) in [4.78, 5) is 0. The van der Waals surface area contributed by atoms with Gasteiger partial charge in [-0.15, -0.1) is 0 Å². The van der Waals surface area contributed by atoms with Crippen LogP contribution in [0.4, 0.5) is 0 Å². The average molecular weight is 256 g/mol. The number of nitrogens with two attached hydrogens (primary N) is 2. The Morgan fingerprint density at radius 1 is 0.667 bits per heavy atom. The fourth-order valence-electron chi connectivity index (χ4n) is 2.29. The summed E-state index contributed by atoms with van der Waals surface area (Å²) in [7, 11) is 0. The third-order valence-corrected chi connectivity index (χ3v) is 4.57. The predicted molar refractivity (Wildman–Crippen MR) is 82.6 cm³/mol. The highest BCUT2D eigenvalue weighted by Crippen LogP contribution is 2.16. The molecule has 2 heteroatoms. The molecule has 0 aliphatic rings. The summed E-state index contributed by atoms with van der Waals surface area (Å²) < 4.78 is 0. The zero-order valence-corrected chi connectivity index (χ0v) is 13.1. The highest BCUT2D eigenvalue weighted by molar-refractivity contribution is 4.69. The molecule has 0 spiro atoms. The standard InChI is InChI=1S/C16H36N2/c1-5-13(3)15(17)11-9-7-8-10-12-16(18)14(4)6-2/h13-16H,5-12,17-18H2,1-4H3. The van der Waals surface area contributed by atoms with Crippen LogP contribution in [0.25, 0.3) is 0 Å². The number of hydrogen-bond donors (Lipinski definition) is 2. The molecule has 0 fully saturated rings. The zero-order chi connectivity index (χ0) is 14.0. The maximum atomic E-state index is 6.13. The van der Waals surface area contributed by atoms with Crippen molar-refractivity contribution in [2.75, 3.05) is 0 Å². The topological polar surface area (TPSA) is 52.0 Å². The molecule has 0 rings (SSSR count). The molecule has 4 atom stereocenters. The monoisotopic (exact) mass is 256 g/mol. The summed E-state index contributed by atoms with van der Waals surface area (Å²) in [6, 6.07) is 0.801. The van der Waals surface area contributed by atoms with Gasteiger partial charge in [0.05, 0.1) is 0 Å². The van der Waals surface area contributed by atoms with Gasteiger partial charge in [0.2, 0.25) is 0 Å². The van der Waals surface area contributed by atoms with E-state index in [1.165, 1.54) is 51.4 Å². The second-order valence-corrected chi connectivity index (χ2v) is 6.09. The van der Waals surface area contributed by atoms with Crippen molar-refractivity contribution in [2.24, 2.45) is 23.3 Å². The molecule has 4 N–H and O–H groups in total. The van der Waals surface area contributed by atoms with Crippen LogP contribution in [0.1, 0.15) is 79.1 Å². The van der Waals surface area contributed by atoms with Crippen LogP contribution in [0.2, 0.25) is 0 Å². The lowest BCUT2D eigenvalue weighted by Gasteiger charge is -2.19. The summed E-state index contributed by atoms with van der Waals surface area (Å²) in [5, 5.41) is 0. The van der Waals surface area contributed by atoms with Gasteiger partial charge in [0, 0.05) is 12.1 Å². The molecule has 0 aromatic heterocycles. The van der Waals surface area contributed by atoms with Crippen molar-refractivity contribution < 1.29 is 0 Å². The molecule has 0 aliphatic carbocycles. The summed E-state index contributed by atoms with van der Waals surface area (Å²) in [6.45, 7) is 8.97. The van der Waals surface area contributed by atoms with Crippen LogP contribution in [0.3, 0.4) is 0 Å². The molecular formula is C16H36N2. The minimum atomic E-state index is 0.400. The number of unbranched alkanes of at least 4 members (excludes halogenated alkanes) is 3. The molecule has 2 nitrogen and oxygen atoms in total. The van der Waals surface area contributed by atoms with Crippen LogP contribution < -0.4 is 11.5 Å². The Kier molecular flexibility index (Phi) is 10.8. The minimum absolute atomic E-state index is 0.400. The molecule has 0 saturated heterocycles. The van der Waals surface area contributed by atoms with Gasteiger partial charge in [0.1, 0.15) is 0 Å². The van der Waals surface area contributed by atoms with Crippen molar-refractivity contribution in [3.63, 3.8) is 0 Å². The molecule has 4 unspecified atom stereocenters. The predicted octanol–water partition coefficient (Wildman–Crippen LogP) is 4.07. The van der Waals surface area contributed by atoms with Crippen molar-refractivity contribution in [2.45, 2.75) is 91.1 Å². The van der Waals surface area contributed by atoms with Crippen LogP contribution >= 0.6 is 0 Å². The van der Waals surface area contributed by atoms with Gasteiger partial charge in [-0.3, -0.25) is 0 Å². The van der Waals surface area contributed by atoms with Gasteiger partial charge in [-0.2, -0.15) is 0 Å². The lowest BCUT2D eigenvalue weighted by atomic mass is 9.93. The van der Waals surface area contributed by atoms with Crippen molar-refractivity contribution in [1.82, 2.24) is 0 Å². The van der Waals surface area contributed by atoms with Gasteiger partial charge in [-0.05, 0) is 24.7 Å². The lowest BCUT2D eigenvalue weighted by Crippen LogP contribution is -2.28. The summed E-state index contributed by atoms with van der Waals surface area (Å²) in [5.74, 6) is 1.34. The molecule has 110 valence electrons. The Balaban J connectivity index is 3.41. The Morgan fingerprint density at radius 3 is 1.28 bits per heavy atom. The molecule has 0 bridgehead atoms. The summed E-state index contributed by atoms with van der Waals surface area (Å²) >= 11 is 0. The van der Waals surface area contributed by atoms with Gasteiger partial charge in [-0.25, -0.2) is 0 Å². The molecule has 0 heterocycles. The van der Waals surface area contributed by atoms with E-state index in [0.717, 1.165) is 0 Å². The van der Waals surface area contributed by atoms with Gasteiger partial charge in [-0.1, -0.05) is 66.2 Å². The van der Waals surface area contributed by atoms with E-state index in [-0.39, 0.29) is 0 Å². The summed E-state index contributed by atoms with van der Waals surface area (Å²) in [6.07, 6.45) is 9.97. The van der Waals surface area contributed by atoms with Crippen LogP contribution in [0.5, 0.6) is 0 Å². The van der Waals surface area contributed by atoms with E-state index in [2.05, 4.69) is 27.7 Å². The van der Waals surface area contributed by atoms with Crippen LogP contribution in [-0.4, -0.2) is 12.1 Å². The van der Waals surface area contributed by atoms with Crippen LogP contribution in [-0.2, 0) is 0 Å². The van der Waals surface area contributed by atoms with Crippen molar-refractivity contribution in [3.05, 3.63) is 0 Å². The van der Waals surface area contributed by atoms with Gasteiger partial charge >= 0.3 is 0 Å². The Labute approximate surface area is 115 Å². The van der Waals surface area contributed by atoms with Crippen molar-refractivity contribution in [3.8, 4) is 0 Å². The van der Waals surface area contributed by atoms with Gasteiger partial charge < -0.3 is 11.5 Å². The zero-order valence-electron chi connectivity index (χ0n) is 13.1. The maximum absolute atomic E-state index is 6.13. The van der Waals surface area contributed by atoms with Crippen LogP contribution in [0, 0.1) is 11.8 Å². The second-order valence-electron chi connectivity index (χ2n) is 6.09. The first-order valence-corrected chi connectivity index (χ1v) is 8.04. The van der Waals surface area contributed by atoms with Crippen molar-refractivity contribution >= 4 is 0 Å². The van der Waals surface area contributed by atoms with E-state index in [4.69, 9.17) is 11.5 Å². The third-order valence-electron chi connectivity index (χ3n) is 4.57. The van der Waals surface area contributed by atoms with Crippen molar-refractivity contribution in [1.29, 1.82) is 0 Å². The molecule has 0 aliphatic heterocycles. The number of rotatable bonds is 11. The smallest absolute Gasteiger partial charge is 0.00644 e. The maximum Gasteiger partial charge on any atom is 0.00644 e. The summed E-state index contributed by atoms with van der Waals surface area (Å²) in [5.41, 5.74) is 12.3. The van der Waals surface area contributed by atoms with Gasteiger partial charge in [0.25, 0.3) is 0 Å². The SMILES string of the molecule is CCC(C)C(N)CCCCCCC(N)C(C)CC. The van der Waals surface area contributed by atoms with E-state index in [1.54, 1.807) is 0 Å². The van der Waals surface area contributed by atoms with Gasteiger partial charge in [0.15, 0.2) is 0 Å². The molecule has 0 aromatic rings. The molecular weight excluding hydrogens is 220 g/mol. The lowest BCUT2D eigenvalue weighted by molar-refractivity contribution is 0.389. The Morgan fingerprint density at radius 2 is 1.00 bits per heavy atom. The van der Waals surface area contributed by atoms with E-state index in [1.807, 2.05) is 0 Å².